The summed E-state index contributed by atoms with van der Waals surface area (Å²) in [5.74, 6) is 0.838. The van der Waals surface area contributed by atoms with Gasteiger partial charge in [0.1, 0.15) is 5.82 Å². The molecule has 6 heteroatoms. The standard InChI is InChI=1S/C12H22N4OS/c1-2-7-16-11(8-13)14-15-12(16)18-10-6-4-3-5-9(10)17/h9-10,17H,2-8,13H2,1H3. The van der Waals surface area contributed by atoms with Crippen LogP contribution in [-0.4, -0.2) is 31.2 Å². The zero-order valence-electron chi connectivity index (χ0n) is 10.9. The number of rotatable bonds is 5. The molecule has 0 amide bonds. The predicted molar refractivity (Wildman–Crippen MR) is 72.3 cm³/mol. The molecule has 0 aromatic carbocycles. The highest BCUT2D eigenvalue weighted by molar-refractivity contribution is 7.99. The molecule has 1 aliphatic rings. The molecule has 1 aromatic heterocycles. The van der Waals surface area contributed by atoms with Gasteiger partial charge in [0.2, 0.25) is 0 Å². The summed E-state index contributed by atoms with van der Waals surface area (Å²) in [5.41, 5.74) is 5.67. The van der Waals surface area contributed by atoms with Gasteiger partial charge in [-0.25, -0.2) is 0 Å². The molecule has 0 radical (unpaired) electrons. The van der Waals surface area contributed by atoms with E-state index in [9.17, 15) is 5.11 Å². The number of hydrogen-bond acceptors (Lipinski definition) is 5. The molecule has 0 aliphatic heterocycles. The Bertz CT molecular complexity index is 382. The molecule has 2 unspecified atom stereocenters. The van der Waals surface area contributed by atoms with Gasteiger partial charge >= 0.3 is 0 Å². The Kier molecular flexibility index (Phi) is 5.03. The Morgan fingerprint density at radius 1 is 1.39 bits per heavy atom. The normalized spacial score (nSPS) is 24.4. The van der Waals surface area contributed by atoms with Crippen LogP contribution in [0.25, 0.3) is 0 Å². The highest BCUT2D eigenvalue weighted by Crippen LogP contribution is 2.33. The van der Waals surface area contributed by atoms with E-state index in [0.717, 1.165) is 43.2 Å². The fourth-order valence-electron chi connectivity index (χ4n) is 2.36. The molecule has 0 saturated heterocycles. The Morgan fingerprint density at radius 3 is 2.83 bits per heavy atom. The summed E-state index contributed by atoms with van der Waals surface area (Å²) < 4.78 is 2.09. The largest absolute Gasteiger partial charge is 0.392 e. The maximum atomic E-state index is 10.0. The van der Waals surface area contributed by atoms with Crippen molar-refractivity contribution in [3.05, 3.63) is 5.82 Å². The maximum Gasteiger partial charge on any atom is 0.191 e. The molecular weight excluding hydrogens is 248 g/mol. The van der Waals surface area contributed by atoms with Crippen molar-refractivity contribution in [2.75, 3.05) is 0 Å². The van der Waals surface area contributed by atoms with Crippen LogP contribution < -0.4 is 5.73 Å². The van der Waals surface area contributed by atoms with E-state index in [0.29, 0.717) is 6.54 Å². The zero-order chi connectivity index (χ0) is 13.0. The van der Waals surface area contributed by atoms with Crippen LogP contribution >= 0.6 is 11.8 Å². The van der Waals surface area contributed by atoms with E-state index in [1.54, 1.807) is 11.8 Å². The average Bonchev–Trinajstić information content (AvgIpc) is 2.75. The second kappa shape index (κ2) is 6.54. The van der Waals surface area contributed by atoms with E-state index in [1.165, 1.54) is 6.42 Å². The molecule has 2 atom stereocenters. The molecule has 1 aromatic rings. The second-order valence-electron chi connectivity index (χ2n) is 4.76. The number of aromatic nitrogens is 3. The van der Waals surface area contributed by atoms with Crippen LogP contribution in [0.5, 0.6) is 0 Å². The molecule has 0 bridgehead atoms. The topological polar surface area (TPSA) is 77.0 Å². The van der Waals surface area contributed by atoms with Crippen molar-refractivity contribution < 1.29 is 5.11 Å². The molecule has 2 rings (SSSR count). The summed E-state index contributed by atoms with van der Waals surface area (Å²) in [6.45, 7) is 3.44. The van der Waals surface area contributed by atoms with E-state index >= 15 is 0 Å². The molecule has 1 heterocycles. The van der Waals surface area contributed by atoms with Crippen LogP contribution in [0.1, 0.15) is 44.9 Å². The molecule has 3 N–H and O–H groups in total. The SMILES string of the molecule is CCCn1c(CN)nnc1SC1CCCCC1O. The van der Waals surface area contributed by atoms with Crippen molar-refractivity contribution in [3.8, 4) is 0 Å². The first-order chi connectivity index (χ1) is 8.76. The molecule has 1 aliphatic carbocycles. The van der Waals surface area contributed by atoms with E-state index in [1.807, 2.05) is 0 Å². The van der Waals surface area contributed by atoms with Gasteiger partial charge < -0.3 is 15.4 Å². The lowest BCUT2D eigenvalue weighted by molar-refractivity contribution is 0.136. The van der Waals surface area contributed by atoms with Crippen LogP contribution in [0.4, 0.5) is 0 Å². The number of thioether (sulfide) groups is 1. The first-order valence-electron chi connectivity index (χ1n) is 6.73. The van der Waals surface area contributed by atoms with Crippen molar-refractivity contribution >= 4 is 11.8 Å². The van der Waals surface area contributed by atoms with Gasteiger partial charge in [0, 0.05) is 11.8 Å². The number of nitrogens with zero attached hydrogens (tertiary/aromatic N) is 3. The van der Waals surface area contributed by atoms with E-state index in [-0.39, 0.29) is 11.4 Å². The third-order valence-corrected chi connectivity index (χ3v) is 4.71. The Hall–Kier alpha value is -0.590. The number of aliphatic hydroxyl groups is 1. The summed E-state index contributed by atoms with van der Waals surface area (Å²) in [4.78, 5) is 0. The van der Waals surface area contributed by atoms with Crippen LogP contribution in [0.2, 0.25) is 0 Å². The third kappa shape index (κ3) is 3.05. The van der Waals surface area contributed by atoms with Crippen molar-refractivity contribution in [2.24, 2.45) is 5.73 Å². The average molecular weight is 270 g/mol. The molecular formula is C12H22N4OS. The number of nitrogens with two attached hydrogens (primary N) is 1. The van der Waals surface area contributed by atoms with Gasteiger partial charge in [0.05, 0.1) is 12.6 Å². The minimum Gasteiger partial charge on any atom is -0.392 e. The monoisotopic (exact) mass is 270 g/mol. The predicted octanol–water partition coefficient (Wildman–Crippen LogP) is 1.54. The first-order valence-corrected chi connectivity index (χ1v) is 7.61. The van der Waals surface area contributed by atoms with Gasteiger partial charge in [-0.15, -0.1) is 10.2 Å². The number of aliphatic hydroxyl groups excluding tert-OH is 1. The first kappa shape index (κ1) is 13.8. The van der Waals surface area contributed by atoms with E-state index < -0.39 is 0 Å². The molecule has 5 nitrogen and oxygen atoms in total. The fraction of sp³-hybridized carbons (Fsp3) is 0.833. The van der Waals surface area contributed by atoms with Crippen molar-refractivity contribution in [3.63, 3.8) is 0 Å². The quantitative estimate of drug-likeness (QED) is 0.848. The van der Waals surface area contributed by atoms with Gasteiger partial charge in [-0.05, 0) is 19.3 Å². The maximum absolute atomic E-state index is 10.0. The van der Waals surface area contributed by atoms with Crippen molar-refractivity contribution in [2.45, 2.75) is 68.6 Å². The second-order valence-corrected chi connectivity index (χ2v) is 5.97. The summed E-state index contributed by atoms with van der Waals surface area (Å²) in [7, 11) is 0. The van der Waals surface area contributed by atoms with Gasteiger partial charge in [-0.1, -0.05) is 31.5 Å². The van der Waals surface area contributed by atoms with Crippen LogP contribution in [-0.2, 0) is 13.1 Å². The van der Waals surface area contributed by atoms with Gasteiger partial charge in [-0.3, -0.25) is 0 Å². The smallest absolute Gasteiger partial charge is 0.191 e. The van der Waals surface area contributed by atoms with Gasteiger partial charge in [0.15, 0.2) is 5.16 Å². The van der Waals surface area contributed by atoms with Crippen LogP contribution in [0.15, 0.2) is 5.16 Å². The fourth-order valence-corrected chi connectivity index (χ4v) is 3.62. The Morgan fingerprint density at radius 2 is 2.17 bits per heavy atom. The third-order valence-electron chi connectivity index (χ3n) is 3.35. The minimum atomic E-state index is -0.211. The Balaban J connectivity index is 2.09. The Labute approximate surface area is 112 Å². The lowest BCUT2D eigenvalue weighted by atomic mass is 9.97. The summed E-state index contributed by atoms with van der Waals surface area (Å²) in [5, 5.41) is 19.5. The van der Waals surface area contributed by atoms with E-state index in [2.05, 4.69) is 21.7 Å². The van der Waals surface area contributed by atoms with Gasteiger partial charge in [0.25, 0.3) is 0 Å². The summed E-state index contributed by atoms with van der Waals surface area (Å²) in [6.07, 6.45) is 5.11. The van der Waals surface area contributed by atoms with Crippen molar-refractivity contribution in [1.82, 2.24) is 14.8 Å². The molecule has 102 valence electrons. The lowest BCUT2D eigenvalue weighted by Crippen LogP contribution is -2.27. The molecule has 1 fully saturated rings. The number of hydrogen-bond donors (Lipinski definition) is 2. The zero-order valence-corrected chi connectivity index (χ0v) is 11.7. The van der Waals surface area contributed by atoms with Crippen molar-refractivity contribution in [1.29, 1.82) is 0 Å². The summed E-state index contributed by atoms with van der Waals surface area (Å²) in [6, 6.07) is 0. The molecule has 18 heavy (non-hydrogen) atoms. The van der Waals surface area contributed by atoms with Gasteiger partial charge in [-0.2, -0.15) is 0 Å². The highest BCUT2D eigenvalue weighted by atomic mass is 32.2. The highest BCUT2D eigenvalue weighted by Gasteiger charge is 2.26. The molecule has 1 saturated carbocycles. The molecule has 0 spiro atoms. The van der Waals surface area contributed by atoms with E-state index in [4.69, 9.17) is 5.73 Å². The van der Waals surface area contributed by atoms with Crippen LogP contribution in [0.3, 0.4) is 0 Å². The minimum absolute atomic E-state index is 0.211. The lowest BCUT2D eigenvalue weighted by Gasteiger charge is -2.26. The van der Waals surface area contributed by atoms with Crippen LogP contribution in [0, 0.1) is 0 Å². The summed E-state index contributed by atoms with van der Waals surface area (Å²) >= 11 is 1.66.